The number of amides is 1. The first kappa shape index (κ1) is 19.9. The number of aromatic nitrogens is 4. The van der Waals surface area contributed by atoms with Crippen molar-refractivity contribution >= 4 is 5.91 Å². The lowest BCUT2D eigenvalue weighted by Crippen LogP contribution is -2.28. The lowest BCUT2D eigenvalue weighted by atomic mass is 10.0. The predicted molar refractivity (Wildman–Crippen MR) is 103 cm³/mol. The molecule has 28 heavy (non-hydrogen) atoms. The average molecular weight is 385 g/mol. The van der Waals surface area contributed by atoms with Gasteiger partial charge in [-0.05, 0) is 48.5 Å². The van der Waals surface area contributed by atoms with Crippen LogP contribution in [0.25, 0.3) is 0 Å². The van der Waals surface area contributed by atoms with E-state index in [1.54, 1.807) is 6.92 Å². The van der Waals surface area contributed by atoms with Crippen molar-refractivity contribution in [2.45, 2.75) is 67.5 Å². The van der Waals surface area contributed by atoms with Crippen LogP contribution in [-0.2, 0) is 13.0 Å². The molecule has 0 radical (unpaired) electrons. The number of hydrogen-bond acceptors (Lipinski definition) is 6. The topological polar surface area (TPSA) is 99.0 Å². The van der Waals surface area contributed by atoms with Crippen molar-refractivity contribution < 1.29 is 13.8 Å². The molecule has 0 aliphatic carbocycles. The predicted octanol–water partition coefficient (Wildman–Crippen LogP) is 3.50. The summed E-state index contributed by atoms with van der Waals surface area (Å²) in [5.41, 5.74) is 5.79. The van der Waals surface area contributed by atoms with E-state index in [0.29, 0.717) is 17.9 Å². The Morgan fingerprint density at radius 1 is 1.04 bits per heavy atom. The number of aryl methyl sites for hydroxylation is 5. The van der Waals surface area contributed by atoms with Gasteiger partial charge in [0.05, 0.1) is 17.4 Å². The molecule has 0 unspecified atom stereocenters. The maximum atomic E-state index is 13.0. The highest BCUT2D eigenvalue weighted by molar-refractivity contribution is 5.94. The molecular weight excluding hydrogens is 358 g/mol. The maximum absolute atomic E-state index is 13.0. The van der Waals surface area contributed by atoms with Crippen LogP contribution < -0.4 is 5.32 Å². The average Bonchev–Trinajstić information content (AvgIpc) is 3.26. The van der Waals surface area contributed by atoms with Gasteiger partial charge in [-0.3, -0.25) is 9.48 Å². The zero-order valence-electron chi connectivity index (χ0n) is 17.5. The van der Waals surface area contributed by atoms with Crippen molar-refractivity contribution in [2.75, 3.05) is 0 Å². The molecule has 0 fully saturated rings. The number of carbonyl (C=O) groups is 1. The fraction of sp³-hybridized carbons (Fsp3) is 0.500. The molecule has 1 atom stereocenters. The van der Waals surface area contributed by atoms with Crippen LogP contribution in [0.5, 0.6) is 0 Å². The Morgan fingerprint density at radius 3 is 2.25 bits per heavy atom. The lowest BCUT2D eigenvalue weighted by Gasteiger charge is -2.14. The van der Waals surface area contributed by atoms with E-state index in [0.717, 1.165) is 46.1 Å². The van der Waals surface area contributed by atoms with Crippen molar-refractivity contribution in [2.24, 2.45) is 0 Å². The zero-order chi connectivity index (χ0) is 20.6. The van der Waals surface area contributed by atoms with Crippen LogP contribution >= 0.6 is 0 Å². The van der Waals surface area contributed by atoms with E-state index in [2.05, 4.69) is 20.7 Å². The van der Waals surface area contributed by atoms with Crippen LogP contribution in [0.4, 0.5) is 0 Å². The lowest BCUT2D eigenvalue weighted by molar-refractivity contribution is 0.0930. The molecule has 3 aromatic rings. The summed E-state index contributed by atoms with van der Waals surface area (Å²) in [6.07, 6.45) is 0.486. The van der Waals surface area contributed by atoms with E-state index >= 15 is 0 Å². The van der Waals surface area contributed by atoms with Gasteiger partial charge in [0, 0.05) is 35.3 Å². The Balaban J connectivity index is 1.85. The number of hydrogen-bond donors (Lipinski definition) is 1. The van der Waals surface area contributed by atoms with Crippen molar-refractivity contribution in [3.63, 3.8) is 0 Å². The van der Waals surface area contributed by atoms with E-state index in [1.165, 1.54) is 0 Å². The van der Waals surface area contributed by atoms with Crippen molar-refractivity contribution in [3.05, 3.63) is 51.0 Å². The Bertz CT molecular complexity index is 992. The smallest absolute Gasteiger partial charge is 0.274 e. The SMILES string of the molecule is CCn1nc(C)c([C@H](C)NC(=O)c2noc(C)c2Cc2c(C)noc2C)c1C. The molecular formula is C20H27N5O3. The van der Waals surface area contributed by atoms with Gasteiger partial charge in [-0.15, -0.1) is 0 Å². The Morgan fingerprint density at radius 2 is 1.68 bits per heavy atom. The standard InChI is InChI=1S/C20H27N5O3/c1-8-25-13(5)18(12(4)22-25)11(3)21-20(26)19-17(15(7)28-24-19)9-16-10(2)23-27-14(16)6/h11H,8-9H2,1-7H3,(H,21,26)/t11-/m0/s1. The third-order valence-corrected chi connectivity index (χ3v) is 5.25. The largest absolute Gasteiger partial charge is 0.361 e. The van der Waals surface area contributed by atoms with Gasteiger partial charge in [0.25, 0.3) is 5.91 Å². The quantitative estimate of drug-likeness (QED) is 0.697. The highest BCUT2D eigenvalue weighted by Crippen LogP contribution is 2.25. The van der Waals surface area contributed by atoms with Gasteiger partial charge in [0.2, 0.25) is 0 Å². The van der Waals surface area contributed by atoms with Crippen LogP contribution in [0.1, 0.15) is 75.7 Å². The molecule has 0 aliphatic heterocycles. The number of nitrogens with one attached hydrogen (secondary N) is 1. The van der Waals surface area contributed by atoms with E-state index in [4.69, 9.17) is 9.05 Å². The molecule has 3 rings (SSSR count). The molecule has 8 heteroatoms. The summed E-state index contributed by atoms with van der Waals surface area (Å²) in [7, 11) is 0. The molecule has 1 amide bonds. The second kappa shape index (κ2) is 7.61. The number of nitrogens with zero attached hydrogens (tertiary/aromatic N) is 4. The molecule has 0 aromatic carbocycles. The molecule has 0 saturated carbocycles. The van der Waals surface area contributed by atoms with Gasteiger partial charge in [-0.1, -0.05) is 10.3 Å². The third kappa shape index (κ3) is 3.46. The monoisotopic (exact) mass is 385 g/mol. The molecule has 0 aliphatic rings. The molecule has 0 saturated heterocycles. The summed E-state index contributed by atoms with van der Waals surface area (Å²) < 4.78 is 12.5. The maximum Gasteiger partial charge on any atom is 0.274 e. The number of carbonyl (C=O) groups excluding carboxylic acids is 1. The van der Waals surface area contributed by atoms with Crippen molar-refractivity contribution in [1.29, 1.82) is 0 Å². The minimum absolute atomic E-state index is 0.197. The summed E-state index contributed by atoms with van der Waals surface area (Å²) in [6.45, 7) is 14.3. The summed E-state index contributed by atoms with van der Waals surface area (Å²) in [5, 5.41) is 15.6. The van der Waals surface area contributed by atoms with Gasteiger partial charge in [0.15, 0.2) is 5.69 Å². The fourth-order valence-corrected chi connectivity index (χ4v) is 3.69. The van der Waals surface area contributed by atoms with Crippen molar-refractivity contribution in [3.8, 4) is 0 Å². The molecule has 1 N–H and O–H groups in total. The Kier molecular flexibility index (Phi) is 5.40. The highest BCUT2D eigenvalue weighted by atomic mass is 16.5. The first-order chi connectivity index (χ1) is 13.2. The molecule has 8 nitrogen and oxygen atoms in total. The summed E-state index contributed by atoms with van der Waals surface area (Å²) in [4.78, 5) is 13.0. The van der Waals surface area contributed by atoms with E-state index in [-0.39, 0.29) is 11.9 Å². The van der Waals surface area contributed by atoms with Crippen molar-refractivity contribution in [1.82, 2.24) is 25.4 Å². The van der Waals surface area contributed by atoms with Gasteiger partial charge in [-0.2, -0.15) is 5.10 Å². The normalized spacial score (nSPS) is 12.4. The number of rotatable bonds is 6. The molecule has 3 aromatic heterocycles. The van der Waals surface area contributed by atoms with Crippen LogP contribution in [-0.4, -0.2) is 26.0 Å². The first-order valence-corrected chi connectivity index (χ1v) is 9.46. The minimum atomic E-state index is -0.269. The zero-order valence-corrected chi connectivity index (χ0v) is 17.5. The van der Waals surface area contributed by atoms with Gasteiger partial charge < -0.3 is 14.4 Å². The summed E-state index contributed by atoms with van der Waals surface area (Å²) >= 11 is 0. The van der Waals surface area contributed by atoms with Gasteiger partial charge in [0.1, 0.15) is 11.5 Å². The van der Waals surface area contributed by atoms with Crippen LogP contribution in [0.3, 0.4) is 0 Å². The minimum Gasteiger partial charge on any atom is -0.361 e. The Labute approximate surface area is 164 Å². The second-order valence-electron chi connectivity index (χ2n) is 7.14. The van der Waals surface area contributed by atoms with Gasteiger partial charge >= 0.3 is 0 Å². The van der Waals surface area contributed by atoms with Crippen LogP contribution in [0.2, 0.25) is 0 Å². The van der Waals surface area contributed by atoms with E-state index < -0.39 is 0 Å². The molecule has 0 bridgehead atoms. The second-order valence-corrected chi connectivity index (χ2v) is 7.14. The molecule has 3 heterocycles. The van der Waals surface area contributed by atoms with E-state index in [9.17, 15) is 4.79 Å². The van der Waals surface area contributed by atoms with Crippen LogP contribution in [0.15, 0.2) is 9.05 Å². The summed E-state index contributed by atoms with van der Waals surface area (Å²) in [6, 6.07) is -0.197. The highest BCUT2D eigenvalue weighted by Gasteiger charge is 2.25. The fourth-order valence-electron chi connectivity index (χ4n) is 3.69. The van der Waals surface area contributed by atoms with Crippen LogP contribution in [0, 0.1) is 34.6 Å². The molecule has 0 spiro atoms. The third-order valence-electron chi connectivity index (χ3n) is 5.25. The summed E-state index contributed by atoms with van der Waals surface area (Å²) in [5.74, 6) is 1.08. The molecule has 150 valence electrons. The Hall–Kier alpha value is -2.90. The first-order valence-electron chi connectivity index (χ1n) is 9.46. The van der Waals surface area contributed by atoms with Gasteiger partial charge in [-0.25, -0.2) is 0 Å². The van der Waals surface area contributed by atoms with E-state index in [1.807, 2.05) is 46.2 Å².